The van der Waals surface area contributed by atoms with Gasteiger partial charge in [-0.25, -0.2) is 0 Å². The summed E-state index contributed by atoms with van der Waals surface area (Å²) in [5, 5.41) is 3.54. The van der Waals surface area contributed by atoms with Crippen molar-refractivity contribution < 1.29 is 0 Å². The second-order valence-electron chi connectivity index (χ2n) is 5.46. The number of nitrogens with zero attached hydrogens (tertiary/aromatic N) is 1. The number of hydrogen-bond donors (Lipinski definition) is 1. The van der Waals surface area contributed by atoms with E-state index in [9.17, 15) is 0 Å². The van der Waals surface area contributed by atoms with Crippen LogP contribution in [-0.2, 0) is 0 Å². The van der Waals surface area contributed by atoms with Crippen LogP contribution in [0.4, 0.5) is 0 Å². The molecule has 0 aromatic heterocycles. The summed E-state index contributed by atoms with van der Waals surface area (Å²) in [4.78, 5) is 2.57. The Morgan fingerprint density at radius 2 is 1.80 bits per heavy atom. The molecule has 2 aliphatic rings. The van der Waals surface area contributed by atoms with Crippen molar-refractivity contribution >= 4 is 0 Å². The second kappa shape index (κ2) is 5.31. The predicted molar refractivity (Wildman–Crippen MR) is 65.1 cm³/mol. The molecule has 0 spiro atoms. The summed E-state index contributed by atoms with van der Waals surface area (Å²) in [6.07, 6.45) is 10.1. The molecule has 0 aromatic rings. The smallest absolute Gasteiger partial charge is 0.0220 e. The third-order valence-electron chi connectivity index (χ3n) is 4.24. The van der Waals surface area contributed by atoms with Gasteiger partial charge in [0.15, 0.2) is 0 Å². The van der Waals surface area contributed by atoms with Crippen LogP contribution in [0.25, 0.3) is 0 Å². The van der Waals surface area contributed by atoms with Gasteiger partial charge in [-0.05, 0) is 45.7 Å². The van der Waals surface area contributed by atoms with Gasteiger partial charge in [0.1, 0.15) is 0 Å². The zero-order valence-corrected chi connectivity index (χ0v) is 10.3. The second-order valence-corrected chi connectivity index (χ2v) is 5.46. The van der Waals surface area contributed by atoms with Gasteiger partial charge >= 0.3 is 0 Å². The van der Waals surface area contributed by atoms with Crippen LogP contribution in [0.5, 0.6) is 0 Å². The molecule has 0 heterocycles. The Hall–Kier alpha value is -0.0800. The number of likely N-dealkylation sites (N-methyl/N-ethyl adjacent to an activating group) is 2. The molecule has 2 heteroatoms. The van der Waals surface area contributed by atoms with Gasteiger partial charge in [-0.3, -0.25) is 0 Å². The molecule has 2 aliphatic carbocycles. The minimum atomic E-state index is 0.732. The van der Waals surface area contributed by atoms with Crippen molar-refractivity contribution in [3.8, 4) is 0 Å². The van der Waals surface area contributed by atoms with E-state index in [0.29, 0.717) is 0 Å². The lowest BCUT2D eigenvalue weighted by Crippen LogP contribution is -2.44. The molecule has 1 N–H and O–H groups in total. The Bertz CT molecular complexity index is 183. The Labute approximate surface area is 94.4 Å². The summed E-state index contributed by atoms with van der Waals surface area (Å²) in [5.41, 5.74) is 0. The molecule has 0 aromatic carbocycles. The first-order chi connectivity index (χ1) is 7.31. The van der Waals surface area contributed by atoms with Crippen molar-refractivity contribution in [2.24, 2.45) is 5.92 Å². The largest absolute Gasteiger partial charge is 0.315 e. The van der Waals surface area contributed by atoms with Crippen molar-refractivity contribution in [2.75, 3.05) is 20.6 Å². The lowest BCUT2D eigenvalue weighted by Gasteiger charge is -2.33. The maximum absolute atomic E-state index is 3.54. The van der Waals surface area contributed by atoms with Crippen LogP contribution in [0.2, 0.25) is 0 Å². The first-order valence-electron chi connectivity index (χ1n) is 6.68. The summed E-state index contributed by atoms with van der Waals surface area (Å²) >= 11 is 0. The SMILES string of the molecule is CNC(CN(C)C1CC1)C1CCCCC1. The minimum Gasteiger partial charge on any atom is -0.315 e. The molecule has 2 rings (SSSR count). The standard InChI is InChI=1S/C13H26N2/c1-14-13(10-15(2)12-8-9-12)11-6-4-3-5-7-11/h11-14H,3-10H2,1-2H3. The third kappa shape index (κ3) is 3.18. The van der Waals surface area contributed by atoms with E-state index in [1.165, 1.54) is 51.5 Å². The number of nitrogens with one attached hydrogen (secondary N) is 1. The molecule has 1 unspecified atom stereocenters. The highest BCUT2D eigenvalue weighted by Gasteiger charge is 2.30. The van der Waals surface area contributed by atoms with Gasteiger partial charge in [0.05, 0.1) is 0 Å². The highest BCUT2D eigenvalue weighted by Crippen LogP contribution is 2.29. The van der Waals surface area contributed by atoms with Crippen molar-refractivity contribution in [1.29, 1.82) is 0 Å². The summed E-state index contributed by atoms with van der Waals surface area (Å²) in [5.74, 6) is 0.935. The molecular formula is C13H26N2. The average Bonchev–Trinajstić information content (AvgIpc) is 3.10. The van der Waals surface area contributed by atoms with Crippen LogP contribution in [-0.4, -0.2) is 37.6 Å². The van der Waals surface area contributed by atoms with E-state index in [2.05, 4.69) is 24.3 Å². The van der Waals surface area contributed by atoms with Crippen molar-refractivity contribution in [1.82, 2.24) is 10.2 Å². The van der Waals surface area contributed by atoms with Crippen molar-refractivity contribution in [3.63, 3.8) is 0 Å². The summed E-state index contributed by atoms with van der Waals surface area (Å²) in [6, 6.07) is 1.64. The fourth-order valence-corrected chi connectivity index (χ4v) is 2.99. The molecule has 15 heavy (non-hydrogen) atoms. The van der Waals surface area contributed by atoms with Gasteiger partial charge in [-0.15, -0.1) is 0 Å². The Balaban J connectivity index is 1.79. The summed E-state index contributed by atoms with van der Waals surface area (Å²) in [6.45, 7) is 1.26. The van der Waals surface area contributed by atoms with E-state index in [1.807, 2.05) is 0 Å². The lowest BCUT2D eigenvalue weighted by atomic mass is 9.83. The predicted octanol–water partition coefficient (Wildman–Crippen LogP) is 2.25. The first kappa shape index (κ1) is 11.4. The number of rotatable bonds is 5. The first-order valence-corrected chi connectivity index (χ1v) is 6.68. The summed E-state index contributed by atoms with van der Waals surface area (Å²) < 4.78 is 0. The molecule has 0 aliphatic heterocycles. The van der Waals surface area contributed by atoms with E-state index in [1.54, 1.807) is 0 Å². The monoisotopic (exact) mass is 210 g/mol. The van der Waals surface area contributed by atoms with E-state index in [0.717, 1.165) is 18.0 Å². The van der Waals surface area contributed by atoms with Crippen molar-refractivity contribution in [2.45, 2.75) is 57.0 Å². The zero-order chi connectivity index (χ0) is 10.7. The van der Waals surface area contributed by atoms with Gasteiger partial charge in [0.25, 0.3) is 0 Å². The topological polar surface area (TPSA) is 15.3 Å². The maximum atomic E-state index is 3.54. The van der Waals surface area contributed by atoms with Crippen LogP contribution in [0.1, 0.15) is 44.9 Å². The molecule has 0 amide bonds. The molecule has 0 radical (unpaired) electrons. The van der Waals surface area contributed by atoms with Gasteiger partial charge in [0.2, 0.25) is 0 Å². The average molecular weight is 210 g/mol. The Morgan fingerprint density at radius 3 is 2.33 bits per heavy atom. The normalized spacial score (nSPS) is 25.8. The quantitative estimate of drug-likeness (QED) is 0.749. The zero-order valence-electron chi connectivity index (χ0n) is 10.3. The highest BCUT2D eigenvalue weighted by atomic mass is 15.2. The van der Waals surface area contributed by atoms with Crippen LogP contribution in [0, 0.1) is 5.92 Å². The molecule has 2 nitrogen and oxygen atoms in total. The molecule has 0 saturated heterocycles. The highest BCUT2D eigenvalue weighted by molar-refractivity contribution is 4.87. The van der Waals surface area contributed by atoms with Gasteiger partial charge in [-0.2, -0.15) is 0 Å². The number of hydrogen-bond acceptors (Lipinski definition) is 2. The maximum Gasteiger partial charge on any atom is 0.0220 e. The third-order valence-corrected chi connectivity index (χ3v) is 4.24. The van der Waals surface area contributed by atoms with E-state index in [-0.39, 0.29) is 0 Å². The van der Waals surface area contributed by atoms with Gasteiger partial charge in [0, 0.05) is 18.6 Å². The van der Waals surface area contributed by atoms with Gasteiger partial charge in [-0.1, -0.05) is 19.3 Å². The minimum absolute atomic E-state index is 0.732. The summed E-state index contributed by atoms with van der Waals surface area (Å²) in [7, 11) is 4.44. The van der Waals surface area contributed by atoms with Crippen LogP contribution in [0.3, 0.4) is 0 Å². The van der Waals surface area contributed by atoms with Crippen LogP contribution in [0.15, 0.2) is 0 Å². The molecule has 0 bridgehead atoms. The van der Waals surface area contributed by atoms with Crippen LogP contribution < -0.4 is 5.32 Å². The lowest BCUT2D eigenvalue weighted by molar-refractivity contribution is 0.207. The van der Waals surface area contributed by atoms with Crippen molar-refractivity contribution in [3.05, 3.63) is 0 Å². The molecule has 88 valence electrons. The molecule has 2 saturated carbocycles. The Kier molecular flexibility index (Phi) is 4.04. The van der Waals surface area contributed by atoms with E-state index in [4.69, 9.17) is 0 Å². The molecular weight excluding hydrogens is 184 g/mol. The molecule has 2 fully saturated rings. The fraction of sp³-hybridized carbons (Fsp3) is 1.00. The van der Waals surface area contributed by atoms with Gasteiger partial charge < -0.3 is 10.2 Å². The Morgan fingerprint density at radius 1 is 1.13 bits per heavy atom. The fourth-order valence-electron chi connectivity index (χ4n) is 2.99. The van der Waals surface area contributed by atoms with E-state index >= 15 is 0 Å². The van der Waals surface area contributed by atoms with Crippen LogP contribution >= 0.6 is 0 Å². The molecule has 1 atom stereocenters. The van der Waals surface area contributed by atoms with E-state index < -0.39 is 0 Å².